The summed E-state index contributed by atoms with van der Waals surface area (Å²) < 4.78 is 0. The molecule has 4 nitrogen and oxygen atoms in total. The first-order chi connectivity index (χ1) is 6.93. The average molecular weight is 208 g/mol. The Balaban J connectivity index is 3.27. The molecule has 0 atom stereocenters. The van der Waals surface area contributed by atoms with Gasteiger partial charge in [-0.1, -0.05) is 27.7 Å². The molecule has 0 aromatic carbocycles. The number of nitro groups is 1. The highest BCUT2D eigenvalue weighted by molar-refractivity contribution is 5.37. The molecular weight excluding hydrogens is 192 g/mol. The highest BCUT2D eigenvalue weighted by Gasteiger charge is 2.20. The molecular formula is C11H16N2O2. The van der Waals surface area contributed by atoms with Gasteiger partial charge in [0.1, 0.15) is 0 Å². The molecule has 4 heteroatoms. The maximum Gasteiger partial charge on any atom is 0.367 e. The Morgan fingerprint density at radius 1 is 1.20 bits per heavy atom. The van der Waals surface area contributed by atoms with Crippen molar-refractivity contribution in [2.75, 3.05) is 0 Å². The van der Waals surface area contributed by atoms with E-state index in [0.29, 0.717) is 5.56 Å². The Labute approximate surface area is 89.5 Å². The first kappa shape index (κ1) is 11.6. The quantitative estimate of drug-likeness (QED) is 0.566. The molecule has 0 unspecified atom stereocenters. The minimum atomic E-state index is -0.402. The van der Waals surface area contributed by atoms with Crippen LogP contribution >= 0.6 is 0 Å². The number of pyridine rings is 1. The average Bonchev–Trinajstić information content (AvgIpc) is 2.16. The van der Waals surface area contributed by atoms with E-state index in [1.807, 2.05) is 39.8 Å². The zero-order valence-electron chi connectivity index (χ0n) is 9.52. The molecule has 0 aliphatic carbocycles. The molecule has 1 rings (SSSR count). The lowest BCUT2D eigenvalue weighted by Crippen LogP contribution is -2.03. The van der Waals surface area contributed by atoms with E-state index < -0.39 is 4.92 Å². The second-order valence-electron chi connectivity index (χ2n) is 4.22. The number of rotatable bonds is 3. The Morgan fingerprint density at radius 2 is 1.80 bits per heavy atom. The summed E-state index contributed by atoms with van der Waals surface area (Å²) in [7, 11) is 0. The van der Waals surface area contributed by atoms with Crippen LogP contribution in [0, 0.1) is 10.1 Å². The number of hydrogen-bond donors (Lipinski definition) is 0. The molecule has 1 aromatic rings. The van der Waals surface area contributed by atoms with Crippen LogP contribution in [0.1, 0.15) is 50.8 Å². The van der Waals surface area contributed by atoms with E-state index in [4.69, 9.17) is 0 Å². The van der Waals surface area contributed by atoms with Crippen molar-refractivity contribution in [2.24, 2.45) is 0 Å². The van der Waals surface area contributed by atoms with Gasteiger partial charge in [0.15, 0.2) is 5.69 Å². The van der Waals surface area contributed by atoms with Gasteiger partial charge in [0, 0.05) is 5.92 Å². The first-order valence-electron chi connectivity index (χ1n) is 5.08. The van der Waals surface area contributed by atoms with Gasteiger partial charge in [-0.05, 0) is 28.0 Å². The highest BCUT2D eigenvalue weighted by Crippen LogP contribution is 2.26. The normalized spacial score (nSPS) is 11.1. The van der Waals surface area contributed by atoms with Gasteiger partial charge in [0.25, 0.3) is 0 Å². The predicted octanol–water partition coefficient (Wildman–Crippen LogP) is 3.24. The maximum atomic E-state index is 10.8. The minimum absolute atomic E-state index is 0.00352. The van der Waals surface area contributed by atoms with Crippen molar-refractivity contribution in [3.63, 3.8) is 0 Å². The van der Waals surface area contributed by atoms with Gasteiger partial charge in [-0.15, -0.1) is 0 Å². The number of aromatic nitrogens is 1. The SMILES string of the molecule is CC(C)c1ccc(C(C)C)c([N+](=O)[O-])n1. The molecule has 0 fully saturated rings. The van der Waals surface area contributed by atoms with Crippen molar-refractivity contribution >= 4 is 5.82 Å². The van der Waals surface area contributed by atoms with Crippen molar-refractivity contribution in [3.8, 4) is 0 Å². The van der Waals surface area contributed by atoms with Gasteiger partial charge in [-0.25, -0.2) is 0 Å². The summed E-state index contributed by atoms with van der Waals surface area (Å²) in [5.41, 5.74) is 1.47. The summed E-state index contributed by atoms with van der Waals surface area (Å²) in [4.78, 5) is 14.5. The molecule has 0 amide bonds. The van der Waals surface area contributed by atoms with Gasteiger partial charge < -0.3 is 10.1 Å². The number of hydrogen-bond acceptors (Lipinski definition) is 3. The Hall–Kier alpha value is -1.45. The van der Waals surface area contributed by atoms with Crippen molar-refractivity contribution in [1.29, 1.82) is 0 Å². The van der Waals surface area contributed by atoms with Crippen LogP contribution in [0.5, 0.6) is 0 Å². The molecule has 0 radical (unpaired) electrons. The zero-order chi connectivity index (χ0) is 11.6. The van der Waals surface area contributed by atoms with Crippen molar-refractivity contribution in [2.45, 2.75) is 39.5 Å². The summed E-state index contributed by atoms with van der Waals surface area (Å²) in [6.07, 6.45) is 0. The highest BCUT2D eigenvalue weighted by atomic mass is 16.6. The topological polar surface area (TPSA) is 56.0 Å². The third-order valence-corrected chi connectivity index (χ3v) is 2.31. The van der Waals surface area contributed by atoms with Crippen LogP contribution in [0.4, 0.5) is 5.82 Å². The lowest BCUT2D eigenvalue weighted by atomic mass is 10.0. The monoisotopic (exact) mass is 208 g/mol. The number of nitrogens with zero attached hydrogens (tertiary/aromatic N) is 2. The van der Waals surface area contributed by atoms with Gasteiger partial charge >= 0.3 is 5.82 Å². The van der Waals surface area contributed by atoms with E-state index in [0.717, 1.165) is 5.69 Å². The molecule has 1 heterocycles. The molecule has 0 bridgehead atoms. The van der Waals surface area contributed by atoms with Crippen LogP contribution in [0.25, 0.3) is 0 Å². The van der Waals surface area contributed by atoms with Crippen molar-refractivity contribution in [1.82, 2.24) is 4.98 Å². The lowest BCUT2D eigenvalue weighted by molar-refractivity contribution is -0.390. The lowest BCUT2D eigenvalue weighted by Gasteiger charge is -2.07. The Morgan fingerprint density at radius 3 is 2.20 bits per heavy atom. The fourth-order valence-electron chi connectivity index (χ4n) is 1.39. The van der Waals surface area contributed by atoms with E-state index in [2.05, 4.69) is 4.98 Å². The summed E-state index contributed by atoms with van der Waals surface area (Å²) in [5.74, 6) is 0.334. The van der Waals surface area contributed by atoms with Gasteiger partial charge in [0.2, 0.25) is 0 Å². The fraction of sp³-hybridized carbons (Fsp3) is 0.545. The zero-order valence-corrected chi connectivity index (χ0v) is 9.52. The molecule has 0 saturated heterocycles. The Bertz CT molecular complexity index is 373. The fourth-order valence-corrected chi connectivity index (χ4v) is 1.39. The maximum absolute atomic E-state index is 10.8. The standard InChI is InChI=1S/C11H16N2O2/c1-7(2)9-5-6-10(8(3)4)12-11(9)13(14)15/h5-8H,1-4H3. The Kier molecular flexibility index (Phi) is 3.39. The van der Waals surface area contributed by atoms with E-state index in [1.165, 1.54) is 0 Å². The van der Waals surface area contributed by atoms with Gasteiger partial charge in [0.05, 0.1) is 5.56 Å². The third kappa shape index (κ3) is 2.52. The summed E-state index contributed by atoms with van der Waals surface area (Å²) in [6.45, 7) is 7.81. The van der Waals surface area contributed by atoms with Crippen LogP contribution in [0.2, 0.25) is 0 Å². The van der Waals surface area contributed by atoms with Crippen molar-refractivity contribution < 1.29 is 4.92 Å². The van der Waals surface area contributed by atoms with Crippen LogP contribution in [-0.2, 0) is 0 Å². The van der Waals surface area contributed by atoms with Crippen LogP contribution < -0.4 is 0 Å². The molecule has 0 saturated carbocycles. The first-order valence-corrected chi connectivity index (χ1v) is 5.08. The molecule has 0 N–H and O–H groups in total. The van der Waals surface area contributed by atoms with Crippen LogP contribution in [0.3, 0.4) is 0 Å². The van der Waals surface area contributed by atoms with E-state index >= 15 is 0 Å². The molecule has 15 heavy (non-hydrogen) atoms. The second-order valence-corrected chi connectivity index (χ2v) is 4.22. The minimum Gasteiger partial charge on any atom is -0.358 e. The van der Waals surface area contributed by atoms with Crippen molar-refractivity contribution in [3.05, 3.63) is 33.5 Å². The molecule has 0 spiro atoms. The van der Waals surface area contributed by atoms with Crippen LogP contribution in [0.15, 0.2) is 12.1 Å². The third-order valence-electron chi connectivity index (χ3n) is 2.31. The van der Waals surface area contributed by atoms with Crippen LogP contribution in [-0.4, -0.2) is 9.91 Å². The largest absolute Gasteiger partial charge is 0.367 e. The molecule has 1 aromatic heterocycles. The van der Waals surface area contributed by atoms with E-state index in [-0.39, 0.29) is 17.7 Å². The molecule has 0 aliphatic heterocycles. The van der Waals surface area contributed by atoms with Gasteiger partial charge in [-0.2, -0.15) is 0 Å². The van der Waals surface area contributed by atoms with Gasteiger partial charge in [-0.3, -0.25) is 0 Å². The predicted molar refractivity (Wildman–Crippen MR) is 59.1 cm³/mol. The van der Waals surface area contributed by atoms with E-state index in [9.17, 15) is 10.1 Å². The second kappa shape index (κ2) is 4.38. The van der Waals surface area contributed by atoms with E-state index in [1.54, 1.807) is 0 Å². The molecule has 82 valence electrons. The summed E-state index contributed by atoms with van der Waals surface area (Å²) in [6, 6.07) is 3.68. The summed E-state index contributed by atoms with van der Waals surface area (Å²) in [5, 5.41) is 10.8. The molecule has 0 aliphatic rings. The smallest absolute Gasteiger partial charge is 0.358 e. The summed E-state index contributed by atoms with van der Waals surface area (Å²) >= 11 is 0.